The molecule has 0 radical (unpaired) electrons. The van der Waals surface area contributed by atoms with E-state index < -0.39 is 0 Å². The van der Waals surface area contributed by atoms with Gasteiger partial charge in [0.2, 0.25) is 5.95 Å². The summed E-state index contributed by atoms with van der Waals surface area (Å²) in [5, 5.41) is 6.70. The van der Waals surface area contributed by atoms with E-state index in [1.165, 1.54) is 11.1 Å². The molecule has 4 rings (SSSR count). The topological polar surface area (TPSA) is 68.3 Å². The molecule has 0 atom stereocenters. The summed E-state index contributed by atoms with van der Waals surface area (Å²) in [5.41, 5.74) is 4.36. The minimum Gasteiger partial charge on any atom is -0.486 e. The van der Waals surface area contributed by atoms with Crippen LogP contribution in [0.3, 0.4) is 0 Å². The number of hydrogen-bond donors (Lipinski definition) is 2. The van der Waals surface area contributed by atoms with E-state index in [4.69, 9.17) is 9.47 Å². The molecule has 144 valence electrons. The first-order valence-electron chi connectivity index (χ1n) is 9.46. The standard InChI is InChI=1S/C22H24N4O2/c1-14(2)17-6-4-5-15(3)21(17)26-22-23-10-9-20(25-22)24-16-7-8-18-19(13-16)28-12-11-27-18/h4-10,13-14H,11-12H2,1-3H3,(H2,23,24,25,26). The molecule has 2 aromatic carbocycles. The maximum absolute atomic E-state index is 5.64. The number of nitrogens with one attached hydrogen (secondary N) is 2. The fraction of sp³-hybridized carbons (Fsp3) is 0.273. The zero-order valence-corrected chi connectivity index (χ0v) is 16.3. The average molecular weight is 376 g/mol. The van der Waals surface area contributed by atoms with Crippen LogP contribution in [0.5, 0.6) is 11.5 Å². The highest BCUT2D eigenvalue weighted by Gasteiger charge is 2.13. The first-order valence-corrected chi connectivity index (χ1v) is 9.46. The van der Waals surface area contributed by atoms with Crippen molar-refractivity contribution in [1.29, 1.82) is 0 Å². The summed E-state index contributed by atoms with van der Waals surface area (Å²) in [4.78, 5) is 8.99. The van der Waals surface area contributed by atoms with Gasteiger partial charge in [0, 0.05) is 23.6 Å². The number of aryl methyl sites for hydroxylation is 1. The minimum atomic E-state index is 0.404. The van der Waals surface area contributed by atoms with E-state index in [1.807, 2.05) is 24.3 Å². The van der Waals surface area contributed by atoms with Gasteiger partial charge in [0.15, 0.2) is 11.5 Å². The first kappa shape index (κ1) is 18.1. The van der Waals surface area contributed by atoms with Crippen LogP contribution < -0.4 is 20.1 Å². The van der Waals surface area contributed by atoms with Gasteiger partial charge in [0.05, 0.1) is 0 Å². The van der Waals surface area contributed by atoms with Crippen LogP contribution in [0.25, 0.3) is 0 Å². The van der Waals surface area contributed by atoms with Crippen molar-refractivity contribution in [1.82, 2.24) is 9.97 Å². The Kier molecular flexibility index (Phi) is 5.02. The largest absolute Gasteiger partial charge is 0.486 e. The summed E-state index contributed by atoms with van der Waals surface area (Å²) in [7, 11) is 0. The third-order valence-electron chi connectivity index (χ3n) is 4.63. The van der Waals surface area contributed by atoms with Gasteiger partial charge in [-0.05, 0) is 42.2 Å². The van der Waals surface area contributed by atoms with Gasteiger partial charge in [-0.1, -0.05) is 32.0 Å². The monoisotopic (exact) mass is 376 g/mol. The fourth-order valence-electron chi connectivity index (χ4n) is 3.21. The zero-order chi connectivity index (χ0) is 19.5. The number of hydrogen-bond acceptors (Lipinski definition) is 6. The average Bonchev–Trinajstić information content (AvgIpc) is 2.69. The molecule has 28 heavy (non-hydrogen) atoms. The van der Waals surface area contributed by atoms with E-state index in [2.05, 4.69) is 59.6 Å². The van der Waals surface area contributed by atoms with Crippen molar-refractivity contribution in [3.8, 4) is 11.5 Å². The van der Waals surface area contributed by atoms with Crippen LogP contribution in [0.2, 0.25) is 0 Å². The molecule has 0 saturated carbocycles. The lowest BCUT2D eigenvalue weighted by Crippen LogP contribution is -2.15. The van der Waals surface area contributed by atoms with Crippen LogP contribution in [-0.4, -0.2) is 23.2 Å². The van der Waals surface area contributed by atoms with Crippen LogP contribution >= 0.6 is 0 Å². The van der Waals surface area contributed by atoms with Crippen molar-refractivity contribution in [2.45, 2.75) is 26.7 Å². The number of benzene rings is 2. The molecule has 0 saturated heterocycles. The summed E-state index contributed by atoms with van der Waals surface area (Å²) >= 11 is 0. The molecule has 1 aromatic heterocycles. The smallest absolute Gasteiger partial charge is 0.229 e. The Labute approximate surface area is 164 Å². The number of ether oxygens (including phenoxy) is 2. The molecule has 0 fully saturated rings. The van der Waals surface area contributed by atoms with Crippen molar-refractivity contribution in [2.24, 2.45) is 0 Å². The Morgan fingerprint density at radius 2 is 1.79 bits per heavy atom. The molecule has 0 unspecified atom stereocenters. The van der Waals surface area contributed by atoms with Crippen molar-refractivity contribution in [3.63, 3.8) is 0 Å². The van der Waals surface area contributed by atoms with Gasteiger partial charge in [0.25, 0.3) is 0 Å². The minimum absolute atomic E-state index is 0.404. The predicted molar refractivity (Wildman–Crippen MR) is 111 cm³/mol. The summed E-state index contributed by atoms with van der Waals surface area (Å²) in [6.45, 7) is 7.59. The first-order chi connectivity index (χ1) is 13.6. The third-order valence-corrected chi connectivity index (χ3v) is 4.63. The molecule has 1 aliphatic rings. The lowest BCUT2D eigenvalue weighted by Gasteiger charge is -2.19. The zero-order valence-electron chi connectivity index (χ0n) is 16.3. The van der Waals surface area contributed by atoms with Crippen molar-refractivity contribution >= 4 is 23.1 Å². The number of aromatic nitrogens is 2. The van der Waals surface area contributed by atoms with E-state index in [0.29, 0.717) is 30.9 Å². The van der Waals surface area contributed by atoms with Gasteiger partial charge in [-0.25, -0.2) is 4.98 Å². The normalized spacial score (nSPS) is 12.7. The molecular weight excluding hydrogens is 352 g/mol. The molecule has 2 N–H and O–H groups in total. The summed E-state index contributed by atoms with van der Waals surface area (Å²) in [6, 6.07) is 13.9. The molecule has 0 bridgehead atoms. The molecule has 0 spiro atoms. The summed E-state index contributed by atoms with van der Waals surface area (Å²) < 4.78 is 11.2. The summed E-state index contributed by atoms with van der Waals surface area (Å²) in [6.07, 6.45) is 1.74. The molecule has 6 heteroatoms. The number of fused-ring (bicyclic) bond motifs is 1. The Morgan fingerprint density at radius 3 is 2.61 bits per heavy atom. The molecule has 1 aliphatic heterocycles. The number of anilines is 4. The lowest BCUT2D eigenvalue weighted by atomic mass is 9.98. The summed E-state index contributed by atoms with van der Waals surface area (Å²) in [5.74, 6) is 3.17. The lowest BCUT2D eigenvalue weighted by molar-refractivity contribution is 0.171. The Morgan fingerprint density at radius 1 is 0.964 bits per heavy atom. The van der Waals surface area contributed by atoms with Crippen LogP contribution in [0, 0.1) is 6.92 Å². The fourth-order valence-corrected chi connectivity index (χ4v) is 3.21. The molecule has 6 nitrogen and oxygen atoms in total. The van der Waals surface area contributed by atoms with Gasteiger partial charge >= 0.3 is 0 Å². The van der Waals surface area contributed by atoms with Crippen molar-refractivity contribution < 1.29 is 9.47 Å². The number of nitrogens with zero attached hydrogens (tertiary/aromatic N) is 2. The van der Waals surface area contributed by atoms with E-state index in [-0.39, 0.29) is 0 Å². The maximum atomic E-state index is 5.64. The van der Waals surface area contributed by atoms with E-state index >= 15 is 0 Å². The van der Waals surface area contributed by atoms with Gasteiger partial charge in [0.1, 0.15) is 19.0 Å². The number of para-hydroxylation sites is 1. The highest BCUT2D eigenvalue weighted by Crippen LogP contribution is 2.34. The second-order valence-electron chi connectivity index (χ2n) is 7.07. The van der Waals surface area contributed by atoms with E-state index in [1.54, 1.807) is 6.20 Å². The van der Waals surface area contributed by atoms with Crippen LogP contribution in [0.15, 0.2) is 48.7 Å². The molecule has 0 aliphatic carbocycles. The second-order valence-corrected chi connectivity index (χ2v) is 7.07. The van der Waals surface area contributed by atoms with E-state index in [0.717, 1.165) is 22.9 Å². The van der Waals surface area contributed by atoms with Gasteiger partial charge < -0.3 is 20.1 Å². The Bertz CT molecular complexity index is 988. The van der Waals surface area contributed by atoms with Gasteiger partial charge in [-0.2, -0.15) is 4.98 Å². The molecule has 2 heterocycles. The predicted octanol–water partition coefficient (Wildman–Crippen LogP) is 5.17. The molecule has 3 aromatic rings. The van der Waals surface area contributed by atoms with Gasteiger partial charge in [-0.15, -0.1) is 0 Å². The quantitative estimate of drug-likeness (QED) is 0.640. The van der Waals surface area contributed by atoms with Crippen LogP contribution in [0.1, 0.15) is 30.9 Å². The van der Waals surface area contributed by atoms with Crippen LogP contribution in [0.4, 0.5) is 23.1 Å². The Hall–Kier alpha value is -3.28. The van der Waals surface area contributed by atoms with Gasteiger partial charge in [-0.3, -0.25) is 0 Å². The highest BCUT2D eigenvalue weighted by atomic mass is 16.6. The SMILES string of the molecule is Cc1cccc(C(C)C)c1Nc1nccc(Nc2ccc3c(c2)OCCO3)n1. The number of rotatable bonds is 5. The third kappa shape index (κ3) is 3.86. The maximum Gasteiger partial charge on any atom is 0.229 e. The second kappa shape index (κ2) is 7.76. The molecular formula is C22H24N4O2. The van der Waals surface area contributed by atoms with Crippen LogP contribution in [-0.2, 0) is 0 Å². The highest BCUT2D eigenvalue weighted by molar-refractivity contribution is 5.66. The van der Waals surface area contributed by atoms with Crippen molar-refractivity contribution in [2.75, 3.05) is 23.8 Å². The Balaban J connectivity index is 1.56. The van der Waals surface area contributed by atoms with Crippen molar-refractivity contribution in [3.05, 3.63) is 59.8 Å². The van der Waals surface area contributed by atoms with E-state index in [9.17, 15) is 0 Å². The molecule has 0 amide bonds.